The van der Waals surface area contributed by atoms with Crippen LogP contribution in [0, 0.1) is 0 Å². The maximum Gasteiger partial charge on any atom is 0.331 e. The van der Waals surface area contributed by atoms with E-state index in [1.165, 1.54) is 31.3 Å². The molecule has 1 aromatic heterocycles. The third-order valence-electron chi connectivity index (χ3n) is 2.91. The summed E-state index contributed by atoms with van der Waals surface area (Å²) < 4.78 is 29.7. The van der Waals surface area contributed by atoms with E-state index in [2.05, 4.69) is 0 Å². The highest BCUT2D eigenvalue weighted by Crippen LogP contribution is 2.28. The number of hydrogen-bond donors (Lipinski definition) is 1. The van der Waals surface area contributed by atoms with Crippen molar-refractivity contribution < 1.29 is 8.78 Å². The highest BCUT2D eigenvalue weighted by Gasteiger charge is 2.33. The van der Waals surface area contributed by atoms with Crippen LogP contribution in [0.2, 0.25) is 0 Å². The molecule has 1 aromatic carbocycles. The smallest absolute Gasteiger partial charge is 0.331 e. The summed E-state index contributed by atoms with van der Waals surface area (Å²) in [5.74, 6) is -3.34. The third kappa shape index (κ3) is 2.47. The van der Waals surface area contributed by atoms with Crippen LogP contribution < -0.4 is 17.0 Å². The average molecular weight is 281 g/mol. The van der Waals surface area contributed by atoms with Crippen LogP contribution >= 0.6 is 0 Å². The molecule has 0 radical (unpaired) electrons. The number of nitrogens with two attached hydrogens (primary N) is 1. The molecule has 0 aliphatic carbocycles. The normalized spacial score (nSPS) is 11.6. The summed E-state index contributed by atoms with van der Waals surface area (Å²) in [5, 5.41) is 0. The summed E-state index contributed by atoms with van der Waals surface area (Å²) in [4.78, 5) is 23.5. The minimum Gasteiger partial charge on any atom is -0.393 e. The van der Waals surface area contributed by atoms with Gasteiger partial charge in [0.1, 0.15) is 5.69 Å². The number of anilines is 1. The van der Waals surface area contributed by atoms with E-state index in [1.54, 1.807) is 6.07 Å². The predicted octanol–water partition coefficient (Wildman–Crippen LogP) is 0.921. The van der Waals surface area contributed by atoms with Gasteiger partial charge in [-0.05, 0) is 0 Å². The van der Waals surface area contributed by atoms with Gasteiger partial charge in [0.15, 0.2) is 0 Å². The Morgan fingerprint density at radius 3 is 2.40 bits per heavy atom. The number of nitrogens with zero attached hydrogens (tertiary/aromatic N) is 2. The van der Waals surface area contributed by atoms with Gasteiger partial charge in [0.2, 0.25) is 0 Å². The first-order valence-corrected chi connectivity index (χ1v) is 5.82. The fourth-order valence-electron chi connectivity index (χ4n) is 1.86. The second kappa shape index (κ2) is 4.92. The van der Waals surface area contributed by atoms with Crippen molar-refractivity contribution >= 4 is 5.69 Å². The number of aromatic nitrogens is 2. The second-order valence-electron chi connectivity index (χ2n) is 4.44. The van der Waals surface area contributed by atoms with Crippen LogP contribution in [0.1, 0.15) is 5.56 Å². The zero-order valence-corrected chi connectivity index (χ0v) is 10.7. The number of alkyl halides is 2. The number of aryl methyl sites for hydroxylation is 1. The molecule has 1 heterocycles. The Balaban J connectivity index is 2.50. The fraction of sp³-hybridized carbons (Fsp3) is 0.231. The Hall–Kier alpha value is -2.44. The van der Waals surface area contributed by atoms with Gasteiger partial charge in [-0.15, -0.1) is 0 Å². The molecule has 0 fully saturated rings. The fourth-order valence-corrected chi connectivity index (χ4v) is 1.86. The van der Waals surface area contributed by atoms with E-state index >= 15 is 0 Å². The average Bonchev–Trinajstić information content (AvgIpc) is 2.42. The quantitative estimate of drug-likeness (QED) is 0.909. The van der Waals surface area contributed by atoms with Crippen LogP contribution in [0.3, 0.4) is 0 Å². The molecule has 0 spiro atoms. The molecule has 7 heteroatoms. The van der Waals surface area contributed by atoms with Crippen molar-refractivity contribution in [2.75, 3.05) is 5.73 Å². The SMILES string of the molecule is Cn1cc(N)c(=O)n(CC(F)(F)c2ccccc2)c1=O. The summed E-state index contributed by atoms with van der Waals surface area (Å²) in [6.07, 6.45) is 1.11. The van der Waals surface area contributed by atoms with E-state index in [0.717, 1.165) is 10.8 Å². The minimum absolute atomic E-state index is 0.254. The van der Waals surface area contributed by atoms with Crippen LogP contribution in [0.4, 0.5) is 14.5 Å². The van der Waals surface area contributed by atoms with Gasteiger partial charge in [-0.25, -0.2) is 4.79 Å². The Morgan fingerprint density at radius 1 is 1.20 bits per heavy atom. The summed E-state index contributed by atoms with van der Waals surface area (Å²) in [6.45, 7) is -1.05. The van der Waals surface area contributed by atoms with Gasteiger partial charge in [-0.1, -0.05) is 30.3 Å². The van der Waals surface area contributed by atoms with Crippen molar-refractivity contribution in [1.82, 2.24) is 9.13 Å². The van der Waals surface area contributed by atoms with Crippen LogP contribution in [0.5, 0.6) is 0 Å². The van der Waals surface area contributed by atoms with Crippen molar-refractivity contribution in [2.45, 2.75) is 12.5 Å². The summed E-state index contributed by atoms with van der Waals surface area (Å²) in [6, 6.07) is 7.00. The second-order valence-corrected chi connectivity index (χ2v) is 4.44. The standard InChI is InChI=1S/C13H13F2N3O2/c1-17-7-10(16)11(19)18(12(17)20)8-13(14,15)9-5-3-2-4-6-9/h2-7H,8,16H2,1H3. The van der Waals surface area contributed by atoms with Gasteiger partial charge < -0.3 is 10.3 Å². The lowest BCUT2D eigenvalue weighted by Gasteiger charge is -2.18. The topological polar surface area (TPSA) is 70.0 Å². The highest BCUT2D eigenvalue weighted by molar-refractivity contribution is 5.31. The molecular weight excluding hydrogens is 268 g/mol. The maximum absolute atomic E-state index is 14.1. The Bertz CT molecular complexity index is 701. The Kier molecular flexibility index (Phi) is 3.44. The number of nitrogen functional groups attached to an aromatic ring is 1. The largest absolute Gasteiger partial charge is 0.393 e. The van der Waals surface area contributed by atoms with Crippen molar-refractivity contribution in [3.05, 3.63) is 62.9 Å². The highest BCUT2D eigenvalue weighted by atomic mass is 19.3. The van der Waals surface area contributed by atoms with Gasteiger partial charge in [-0.3, -0.25) is 9.36 Å². The van der Waals surface area contributed by atoms with Crippen LogP contribution in [0.15, 0.2) is 46.1 Å². The van der Waals surface area contributed by atoms with Crippen molar-refractivity contribution in [3.63, 3.8) is 0 Å². The Labute approximate surface area is 112 Å². The molecule has 0 amide bonds. The van der Waals surface area contributed by atoms with Crippen LogP contribution in [-0.4, -0.2) is 9.13 Å². The molecule has 0 saturated carbocycles. The molecule has 5 nitrogen and oxygen atoms in total. The van der Waals surface area contributed by atoms with Crippen molar-refractivity contribution in [2.24, 2.45) is 7.05 Å². The van der Waals surface area contributed by atoms with Gasteiger partial charge in [0.25, 0.3) is 11.5 Å². The van der Waals surface area contributed by atoms with Gasteiger partial charge >= 0.3 is 5.69 Å². The van der Waals surface area contributed by atoms with Crippen molar-refractivity contribution in [3.8, 4) is 0 Å². The molecule has 0 unspecified atom stereocenters. The molecule has 0 saturated heterocycles. The molecule has 2 aromatic rings. The summed E-state index contributed by atoms with van der Waals surface area (Å²) >= 11 is 0. The van der Waals surface area contributed by atoms with Gasteiger partial charge in [0, 0.05) is 18.8 Å². The van der Waals surface area contributed by atoms with E-state index in [9.17, 15) is 18.4 Å². The molecule has 0 bridgehead atoms. The number of benzene rings is 1. The lowest BCUT2D eigenvalue weighted by atomic mass is 10.1. The summed E-state index contributed by atoms with van der Waals surface area (Å²) in [7, 11) is 1.34. The van der Waals surface area contributed by atoms with Crippen LogP contribution in [-0.2, 0) is 19.5 Å². The predicted molar refractivity (Wildman–Crippen MR) is 70.7 cm³/mol. The van der Waals surface area contributed by atoms with Gasteiger partial charge in [-0.2, -0.15) is 8.78 Å². The third-order valence-corrected chi connectivity index (χ3v) is 2.91. The summed E-state index contributed by atoms with van der Waals surface area (Å²) in [5.41, 5.74) is 3.14. The number of rotatable bonds is 3. The first kappa shape index (κ1) is 14.0. The molecule has 2 N–H and O–H groups in total. The molecule has 0 aliphatic heterocycles. The molecular formula is C13H13F2N3O2. The molecule has 0 atom stereocenters. The molecule has 20 heavy (non-hydrogen) atoms. The molecule has 2 rings (SSSR count). The molecule has 106 valence electrons. The maximum atomic E-state index is 14.1. The lowest BCUT2D eigenvalue weighted by Crippen LogP contribution is -2.43. The van der Waals surface area contributed by atoms with E-state index in [-0.39, 0.29) is 11.3 Å². The zero-order valence-electron chi connectivity index (χ0n) is 10.7. The van der Waals surface area contributed by atoms with Crippen molar-refractivity contribution in [1.29, 1.82) is 0 Å². The number of halogens is 2. The van der Waals surface area contributed by atoms with Crippen LogP contribution in [0.25, 0.3) is 0 Å². The van der Waals surface area contributed by atoms with E-state index in [1.807, 2.05) is 0 Å². The van der Waals surface area contributed by atoms with E-state index < -0.39 is 23.7 Å². The minimum atomic E-state index is -3.34. The Morgan fingerprint density at radius 2 is 1.80 bits per heavy atom. The first-order chi connectivity index (χ1) is 9.33. The lowest BCUT2D eigenvalue weighted by molar-refractivity contribution is -0.0244. The van der Waals surface area contributed by atoms with Gasteiger partial charge in [0.05, 0.1) is 6.54 Å². The molecule has 0 aliphatic rings. The first-order valence-electron chi connectivity index (χ1n) is 5.82. The van der Waals surface area contributed by atoms with E-state index in [0.29, 0.717) is 4.57 Å². The zero-order chi connectivity index (χ0) is 14.9. The van der Waals surface area contributed by atoms with E-state index in [4.69, 9.17) is 5.73 Å². The number of hydrogen-bond acceptors (Lipinski definition) is 3. The monoisotopic (exact) mass is 281 g/mol.